The van der Waals surface area contributed by atoms with E-state index in [9.17, 15) is 4.79 Å². The maximum absolute atomic E-state index is 12.2. The third-order valence-electron chi connectivity index (χ3n) is 3.47. The van der Waals surface area contributed by atoms with Gasteiger partial charge < -0.3 is 19.4 Å². The molecule has 0 bridgehead atoms. The molecule has 1 aromatic carbocycles. The van der Waals surface area contributed by atoms with Crippen LogP contribution >= 0.6 is 11.8 Å². The predicted molar refractivity (Wildman–Crippen MR) is 98.3 cm³/mol. The molecule has 0 saturated carbocycles. The zero-order chi connectivity index (χ0) is 18.2. The summed E-state index contributed by atoms with van der Waals surface area (Å²) in [5.74, 6) is 1.99. The number of nitrogens with one attached hydrogen (secondary N) is 1. The summed E-state index contributed by atoms with van der Waals surface area (Å²) in [7, 11) is 3.25. The Hall–Kier alpha value is -2.06. The number of hydrogen-bond acceptors (Lipinski definition) is 6. The van der Waals surface area contributed by atoms with Gasteiger partial charge in [-0.15, -0.1) is 10.2 Å². The van der Waals surface area contributed by atoms with Crippen molar-refractivity contribution < 1.29 is 14.3 Å². The number of nitrogens with zero attached hydrogens (tertiary/aromatic N) is 3. The lowest BCUT2D eigenvalue weighted by Crippen LogP contribution is -2.15. The largest absolute Gasteiger partial charge is 0.497 e. The van der Waals surface area contributed by atoms with Crippen molar-refractivity contribution >= 4 is 23.4 Å². The molecule has 0 radical (unpaired) electrons. The minimum Gasteiger partial charge on any atom is -0.497 e. The average molecular weight is 364 g/mol. The molecular formula is C17H24N4O3S. The van der Waals surface area contributed by atoms with Crippen LogP contribution in [0.2, 0.25) is 0 Å². The Balaban J connectivity index is 1.98. The van der Waals surface area contributed by atoms with Gasteiger partial charge in [-0.2, -0.15) is 0 Å². The number of amides is 1. The Labute approximate surface area is 152 Å². The van der Waals surface area contributed by atoms with Crippen molar-refractivity contribution in [2.45, 2.75) is 31.5 Å². The van der Waals surface area contributed by atoms with Gasteiger partial charge in [0.25, 0.3) is 0 Å². The molecular weight excluding hydrogens is 340 g/mol. The van der Waals surface area contributed by atoms with Gasteiger partial charge in [0.1, 0.15) is 11.6 Å². The molecule has 1 amide bonds. The summed E-state index contributed by atoms with van der Waals surface area (Å²) in [5.41, 5.74) is 0.702. The van der Waals surface area contributed by atoms with E-state index in [0.29, 0.717) is 24.6 Å². The zero-order valence-corrected chi connectivity index (χ0v) is 15.8. The van der Waals surface area contributed by atoms with Crippen LogP contribution in [0, 0.1) is 0 Å². The maximum Gasteiger partial charge on any atom is 0.234 e. The molecule has 0 aliphatic carbocycles. The first-order chi connectivity index (χ1) is 12.0. The molecule has 0 aliphatic rings. The van der Waals surface area contributed by atoms with Crippen LogP contribution in [0.5, 0.6) is 5.75 Å². The van der Waals surface area contributed by atoms with E-state index in [1.807, 2.05) is 22.8 Å². The predicted octanol–water partition coefficient (Wildman–Crippen LogP) is 2.79. The fourth-order valence-corrected chi connectivity index (χ4v) is 3.03. The highest BCUT2D eigenvalue weighted by atomic mass is 32.2. The number of methoxy groups -OCH3 is 2. The molecule has 2 rings (SSSR count). The standard InChI is InChI=1S/C17H24N4O3S/c1-12(2)16-19-20-17(21(16)8-9-23-3)25-11-15(22)18-13-6-5-7-14(10-13)24-4/h5-7,10,12H,8-9,11H2,1-4H3,(H,18,22). The van der Waals surface area contributed by atoms with Crippen LogP contribution in [0.25, 0.3) is 0 Å². The second kappa shape index (κ2) is 9.43. The number of anilines is 1. The minimum atomic E-state index is -0.106. The van der Waals surface area contributed by atoms with E-state index < -0.39 is 0 Å². The molecule has 0 fully saturated rings. The van der Waals surface area contributed by atoms with Crippen molar-refractivity contribution in [1.29, 1.82) is 0 Å². The van der Waals surface area contributed by atoms with Crippen LogP contribution < -0.4 is 10.1 Å². The van der Waals surface area contributed by atoms with Crippen LogP contribution in [0.4, 0.5) is 5.69 Å². The number of thioether (sulfide) groups is 1. The van der Waals surface area contributed by atoms with Crippen LogP contribution in [0.3, 0.4) is 0 Å². The third-order valence-corrected chi connectivity index (χ3v) is 4.43. The lowest BCUT2D eigenvalue weighted by molar-refractivity contribution is -0.113. The van der Waals surface area contributed by atoms with Gasteiger partial charge in [0.15, 0.2) is 5.16 Å². The molecule has 136 valence electrons. The van der Waals surface area contributed by atoms with Gasteiger partial charge in [-0.05, 0) is 12.1 Å². The van der Waals surface area contributed by atoms with Crippen molar-refractivity contribution in [3.8, 4) is 5.75 Å². The summed E-state index contributed by atoms with van der Waals surface area (Å²) in [6.45, 7) is 5.37. The summed E-state index contributed by atoms with van der Waals surface area (Å²) in [6, 6.07) is 7.26. The van der Waals surface area contributed by atoms with Gasteiger partial charge in [-0.3, -0.25) is 4.79 Å². The molecule has 0 saturated heterocycles. The summed E-state index contributed by atoms with van der Waals surface area (Å²) >= 11 is 1.36. The van der Waals surface area contributed by atoms with E-state index in [0.717, 1.165) is 11.0 Å². The van der Waals surface area contributed by atoms with Gasteiger partial charge >= 0.3 is 0 Å². The Bertz CT molecular complexity index is 703. The summed E-state index contributed by atoms with van der Waals surface area (Å²) in [5, 5.41) is 12.0. The van der Waals surface area contributed by atoms with Crippen LogP contribution in [-0.4, -0.2) is 47.3 Å². The number of benzene rings is 1. The van der Waals surface area contributed by atoms with E-state index in [2.05, 4.69) is 29.4 Å². The first-order valence-corrected chi connectivity index (χ1v) is 9.02. The Kier molecular flexibility index (Phi) is 7.27. The fourth-order valence-electron chi connectivity index (χ4n) is 2.25. The second-order valence-corrected chi connectivity index (χ2v) is 6.65. The van der Waals surface area contributed by atoms with Crippen LogP contribution in [0.15, 0.2) is 29.4 Å². The third kappa shape index (κ3) is 5.47. The van der Waals surface area contributed by atoms with Crippen molar-refractivity contribution in [1.82, 2.24) is 14.8 Å². The van der Waals surface area contributed by atoms with Crippen molar-refractivity contribution in [3.63, 3.8) is 0 Å². The number of carbonyl (C=O) groups excluding carboxylic acids is 1. The zero-order valence-electron chi connectivity index (χ0n) is 15.0. The van der Waals surface area contributed by atoms with Gasteiger partial charge in [0, 0.05) is 31.3 Å². The van der Waals surface area contributed by atoms with Gasteiger partial charge in [0.05, 0.1) is 19.5 Å². The minimum absolute atomic E-state index is 0.106. The van der Waals surface area contributed by atoms with Gasteiger partial charge in [0.2, 0.25) is 5.91 Å². The molecule has 0 spiro atoms. The van der Waals surface area contributed by atoms with Gasteiger partial charge in [-0.25, -0.2) is 0 Å². The quantitative estimate of drug-likeness (QED) is 0.690. The highest BCUT2D eigenvalue weighted by molar-refractivity contribution is 7.99. The molecule has 7 nitrogen and oxygen atoms in total. The van der Waals surface area contributed by atoms with E-state index in [1.54, 1.807) is 20.3 Å². The molecule has 2 aromatic rings. The summed E-state index contributed by atoms with van der Waals surface area (Å²) in [6.07, 6.45) is 0. The Morgan fingerprint density at radius 1 is 1.32 bits per heavy atom. The highest BCUT2D eigenvalue weighted by Gasteiger charge is 2.16. The normalized spacial score (nSPS) is 10.9. The first-order valence-electron chi connectivity index (χ1n) is 8.04. The smallest absolute Gasteiger partial charge is 0.234 e. The number of carbonyl (C=O) groups is 1. The van der Waals surface area contributed by atoms with E-state index >= 15 is 0 Å². The molecule has 1 N–H and O–H groups in total. The Morgan fingerprint density at radius 3 is 2.80 bits per heavy atom. The topological polar surface area (TPSA) is 78.3 Å². The fraction of sp³-hybridized carbons (Fsp3) is 0.471. The SMILES string of the molecule is COCCn1c(SCC(=O)Nc2cccc(OC)c2)nnc1C(C)C. The van der Waals surface area contributed by atoms with Gasteiger partial charge in [-0.1, -0.05) is 31.7 Å². The maximum atomic E-state index is 12.2. The van der Waals surface area contributed by atoms with E-state index in [-0.39, 0.29) is 17.6 Å². The number of ether oxygens (including phenoxy) is 2. The highest BCUT2D eigenvalue weighted by Crippen LogP contribution is 2.22. The van der Waals surface area contributed by atoms with Crippen LogP contribution in [-0.2, 0) is 16.1 Å². The number of aromatic nitrogens is 3. The van der Waals surface area contributed by atoms with Crippen molar-refractivity contribution in [3.05, 3.63) is 30.1 Å². The monoisotopic (exact) mass is 364 g/mol. The number of hydrogen-bond donors (Lipinski definition) is 1. The molecule has 0 atom stereocenters. The second-order valence-electron chi connectivity index (χ2n) is 5.71. The molecule has 1 heterocycles. The van der Waals surface area contributed by atoms with E-state index in [1.165, 1.54) is 11.8 Å². The lowest BCUT2D eigenvalue weighted by atomic mass is 10.2. The molecule has 0 aliphatic heterocycles. The number of rotatable bonds is 9. The molecule has 1 aromatic heterocycles. The molecule has 25 heavy (non-hydrogen) atoms. The van der Waals surface area contributed by atoms with Crippen LogP contribution in [0.1, 0.15) is 25.6 Å². The van der Waals surface area contributed by atoms with Crippen molar-refractivity contribution in [2.75, 3.05) is 31.9 Å². The summed E-state index contributed by atoms with van der Waals surface area (Å²) < 4.78 is 12.3. The van der Waals surface area contributed by atoms with E-state index in [4.69, 9.17) is 9.47 Å². The average Bonchev–Trinajstić information content (AvgIpc) is 3.01. The first kappa shape index (κ1) is 19.3. The molecule has 0 unspecified atom stereocenters. The lowest BCUT2D eigenvalue weighted by Gasteiger charge is -2.11. The Morgan fingerprint density at radius 2 is 2.12 bits per heavy atom. The molecule has 8 heteroatoms. The van der Waals surface area contributed by atoms with Crippen molar-refractivity contribution in [2.24, 2.45) is 0 Å². The summed E-state index contributed by atoms with van der Waals surface area (Å²) in [4.78, 5) is 12.2.